The number of carbonyl (C=O) groups is 1. The summed E-state index contributed by atoms with van der Waals surface area (Å²) in [5, 5.41) is 0. The molecule has 0 aromatic heterocycles. The molecule has 2 aliphatic heterocycles. The number of hydrogen-bond acceptors (Lipinski definition) is 5. The van der Waals surface area contributed by atoms with Gasteiger partial charge >= 0.3 is 5.97 Å². The number of fused-ring (bicyclic) bond motifs is 1. The van der Waals surface area contributed by atoms with Gasteiger partial charge in [-0.2, -0.15) is 0 Å². The summed E-state index contributed by atoms with van der Waals surface area (Å²) in [7, 11) is 0. The highest BCUT2D eigenvalue weighted by atomic mass is 16.6. The van der Waals surface area contributed by atoms with Crippen molar-refractivity contribution in [1.29, 1.82) is 0 Å². The molecule has 2 aliphatic rings. The van der Waals surface area contributed by atoms with Crippen LogP contribution in [0.15, 0.2) is 18.2 Å². The summed E-state index contributed by atoms with van der Waals surface area (Å²) in [5.41, 5.74) is 0.423. The molecule has 1 fully saturated rings. The number of hydrogen-bond donors (Lipinski definition) is 0. The van der Waals surface area contributed by atoms with E-state index in [0.29, 0.717) is 31.3 Å². The van der Waals surface area contributed by atoms with Crippen LogP contribution in [-0.4, -0.2) is 43.8 Å². The van der Waals surface area contributed by atoms with Crippen LogP contribution in [0, 0.1) is 5.41 Å². The minimum atomic E-state index is -0.602. The van der Waals surface area contributed by atoms with E-state index in [1.807, 2.05) is 39.0 Å². The van der Waals surface area contributed by atoms with Crippen LogP contribution in [0.2, 0.25) is 0 Å². The maximum atomic E-state index is 12.6. The summed E-state index contributed by atoms with van der Waals surface area (Å²) in [5.74, 6) is 1.01. The first kappa shape index (κ1) is 15.3. The zero-order chi connectivity index (χ0) is 15.7. The van der Waals surface area contributed by atoms with Gasteiger partial charge in [0.05, 0.1) is 31.3 Å². The predicted octanol–water partition coefficient (Wildman–Crippen LogP) is 2.40. The molecule has 0 aliphatic carbocycles. The molecule has 1 atom stereocenters. The number of carbonyl (C=O) groups excluding carboxylic acids is 1. The Morgan fingerprint density at radius 1 is 1.32 bits per heavy atom. The highest BCUT2D eigenvalue weighted by Crippen LogP contribution is 2.50. The normalized spacial score (nSPS) is 24.5. The summed E-state index contributed by atoms with van der Waals surface area (Å²) in [6.45, 7) is 9.40. The fraction of sp³-hybridized carbons (Fsp3) is 0.588. The standard InChI is InChI=1S/C17H23NO4/c1-4-21-13-7-5-6-12-14(13)22-16(19)17(2,3)15(12)18-8-10-20-11-9-18/h5-7,15H,4,8-11H2,1-3H3. The second kappa shape index (κ2) is 5.89. The van der Waals surface area contributed by atoms with Crippen LogP contribution in [0.4, 0.5) is 0 Å². The first-order valence-corrected chi connectivity index (χ1v) is 7.85. The number of esters is 1. The quantitative estimate of drug-likeness (QED) is 0.634. The van der Waals surface area contributed by atoms with Gasteiger partial charge in [0.1, 0.15) is 0 Å². The van der Waals surface area contributed by atoms with E-state index in [4.69, 9.17) is 14.2 Å². The molecule has 0 N–H and O–H groups in total. The second-order valence-electron chi connectivity index (χ2n) is 6.27. The zero-order valence-electron chi connectivity index (χ0n) is 13.4. The molecule has 22 heavy (non-hydrogen) atoms. The Labute approximate surface area is 131 Å². The van der Waals surface area contributed by atoms with Crippen molar-refractivity contribution in [3.05, 3.63) is 23.8 Å². The average Bonchev–Trinajstić information content (AvgIpc) is 2.50. The number of benzene rings is 1. The molecule has 5 heteroatoms. The molecule has 0 saturated carbocycles. The van der Waals surface area contributed by atoms with E-state index < -0.39 is 5.41 Å². The van der Waals surface area contributed by atoms with Gasteiger partial charge in [-0.3, -0.25) is 9.69 Å². The molecule has 5 nitrogen and oxygen atoms in total. The SMILES string of the molecule is CCOc1cccc2c1OC(=O)C(C)(C)C2N1CCOCC1. The molecular weight excluding hydrogens is 282 g/mol. The van der Waals surface area contributed by atoms with Crippen molar-refractivity contribution in [2.24, 2.45) is 5.41 Å². The second-order valence-corrected chi connectivity index (χ2v) is 6.27. The Morgan fingerprint density at radius 3 is 2.73 bits per heavy atom. The molecule has 0 radical (unpaired) electrons. The lowest BCUT2D eigenvalue weighted by Crippen LogP contribution is -2.50. The fourth-order valence-corrected chi connectivity index (χ4v) is 3.34. The maximum Gasteiger partial charge on any atom is 0.318 e. The number of rotatable bonds is 3. The van der Waals surface area contributed by atoms with Crippen LogP contribution in [0.25, 0.3) is 0 Å². The zero-order valence-corrected chi connectivity index (χ0v) is 13.4. The molecule has 0 spiro atoms. The van der Waals surface area contributed by atoms with Gasteiger partial charge in [0.2, 0.25) is 0 Å². The number of ether oxygens (including phenoxy) is 3. The summed E-state index contributed by atoms with van der Waals surface area (Å²) in [6.07, 6.45) is 0. The van der Waals surface area contributed by atoms with Gasteiger partial charge in [-0.15, -0.1) is 0 Å². The summed E-state index contributed by atoms with van der Waals surface area (Å²) < 4.78 is 16.7. The Balaban J connectivity index is 2.07. The minimum Gasteiger partial charge on any atom is -0.490 e. The monoisotopic (exact) mass is 305 g/mol. The third-order valence-electron chi connectivity index (χ3n) is 4.42. The Hall–Kier alpha value is -1.59. The molecule has 1 unspecified atom stereocenters. The molecule has 3 rings (SSSR count). The van der Waals surface area contributed by atoms with E-state index in [9.17, 15) is 4.79 Å². The van der Waals surface area contributed by atoms with Crippen LogP contribution in [0.1, 0.15) is 32.4 Å². The molecule has 0 amide bonds. The Morgan fingerprint density at radius 2 is 2.05 bits per heavy atom. The van der Waals surface area contributed by atoms with Crippen molar-refractivity contribution in [3.63, 3.8) is 0 Å². The first-order valence-electron chi connectivity index (χ1n) is 7.85. The predicted molar refractivity (Wildman–Crippen MR) is 82.2 cm³/mol. The molecule has 2 heterocycles. The maximum absolute atomic E-state index is 12.6. The highest BCUT2D eigenvalue weighted by molar-refractivity contribution is 5.83. The lowest BCUT2D eigenvalue weighted by atomic mass is 9.77. The smallest absolute Gasteiger partial charge is 0.318 e. The molecule has 120 valence electrons. The van der Waals surface area contributed by atoms with Gasteiger partial charge in [0, 0.05) is 18.7 Å². The number of para-hydroxylation sites is 1. The van der Waals surface area contributed by atoms with E-state index in [2.05, 4.69) is 4.90 Å². The average molecular weight is 305 g/mol. The summed E-state index contributed by atoms with van der Waals surface area (Å²) >= 11 is 0. The van der Waals surface area contributed by atoms with Gasteiger partial charge in [0.15, 0.2) is 11.5 Å². The van der Waals surface area contributed by atoms with Gasteiger partial charge < -0.3 is 14.2 Å². The largest absolute Gasteiger partial charge is 0.490 e. The number of morpholine rings is 1. The van der Waals surface area contributed by atoms with Gasteiger partial charge in [-0.05, 0) is 26.8 Å². The van der Waals surface area contributed by atoms with Gasteiger partial charge in [-0.1, -0.05) is 12.1 Å². The van der Waals surface area contributed by atoms with Crippen molar-refractivity contribution < 1.29 is 19.0 Å². The van der Waals surface area contributed by atoms with Crippen LogP contribution in [0.5, 0.6) is 11.5 Å². The molecule has 1 saturated heterocycles. The van der Waals surface area contributed by atoms with Crippen molar-refractivity contribution in [2.45, 2.75) is 26.8 Å². The molecule has 1 aromatic rings. The van der Waals surface area contributed by atoms with E-state index in [0.717, 1.165) is 18.7 Å². The van der Waals surface area contributed by atoms with Crippen LogP contribution < -0.4 is 9.47 Å². The third kappa shape index (κ3) is 2.48. The van der Waals surface area contributed by atoms with Crippen LogP contribution in [0.3, 0.4) is 0 Å². The highest BCUT2D eigenvalue weighted by Gasteiger charge is 2.48. The number of nitrogens with zero attached hydrogens (tertiary/aromatic N) is 1. The van der Waals surface area contributed by atoms with Crippen molar-refractivity contribution in [3.8, 4) is 11.5 Å². The Kier molecular flexibility index (Phi) is 4.10. The lowest BCUT2D eigenvalue weighted by molar-refractivity contribution is -0.153. The van der Waals surface area contributed by atoms with Crippen molar-refractivity contribution in [2.75, 3.05) is 32.9 Å². The summed E-state index contributed by atoms with van der Waals surface area (Å²) in [6, 6.07) is 5.83. The first-order chi connectivity index (χ1) is 10.6. The topological polar surface area (TPSA) is 48.0 Å². The van der Waals surface area contributed by atoms with Crippen molar-refractivity contribution in [1.82, 2.24) is 4.90 Å². The molecular formula is C17H23NO4. The minimum absolute atomic E-state index is 0.0203. The molecule has 1 aromatic carbocycles. The molecule has 0 bridgehead atoms. The summed E-state index contributed by atoms with van der Waals surface area (Å²) in [4.78, 5) is 14.9. The van der Waals surface area contributed by atoms with Gasteiger partial charge in [0.25, 0.3) is 0 Å². The fourth-order valence-electron chi connectivity index (χ4n) is 3.34. The third-order valence-corrected chi connectivity index (χ3v) is 4.42. The van der Waals surface area contributed by atoms with E-state index >= 15 is 0 Å². The lowest BCUT2D eigenvalue weighted by Gasteiger charge is -2.45. The van der Waals surface area contributed by atoms with Crippen LogP contribution in [-0.2, 0) is 9.53 Å². The Bertz CT molecular complexity index is 564. The van der Waals surface area contributed by atoms with E-state index in [1.54, 1.807) is 0 Å². The van der Waals surface area contributed by atoms with Crippen molar-refractivity contribution >= 4 is 5.97 Å². The van der Waals surface area contributed by atoms with Gasteiger partial charge in [-0.25, -0.2) is 0 Å². The van der Waals surface area contributed by atoms with E-state index in [1.165, 1.54) is 0 Å². The van der Waals surface area contributed by atoms with E-state index in [-0.39, 0.29) is 12.0 Å². The van der Waals surface area contributed by atoms with Crippen LogP contribution >= 0.6 is 0 Å².